The summed E-state index contributed by atoms with van der Waals surface area (Å²) in [5.41, 5.74) is 11.9. The average Bonchev–Trinajstić information content (AvgIpc) is 3.75. The van der Waals surface area contributed by atoms with Crippen LogP contribution in [-0.2, 0) is 14.4 Å². The largest absolute Gasteiger partial charge is 0.488 e. The number of nitrogens with zero attached hydrogens (tertiary/aromatic N) is 4. The molecule has 60 heavy (non-hydrogen) atoms. The van der Waals surface area contributed by atoms with E-state index in [4.69, 9.17) is 4.74 Å². The van der Waals surface area contributed by atoms with Crippen molar-refractivity contribution in [1.29, 1.82) is 0 Å². The molecule has 2 aromatic rings. The molecular weight excluding hydrogens is 761 g/mol. The fourth-order valence-corrected chi connectivity index (χ4v) is 10.5. The summed E-state index contributed by atoms with van der Waals surface area (Å²) < 4.78 is 6.28. The van der Waals surface area contributed by atoms with Gasteiger partial charge in [0.15, 0.2) is 0 Å². The molecule has 5 fully saturated rings. The third-order valence-electron chi connectivity index (χ3n) is 14.4. The number of ether oxygens (including phenoxy) is 1. The Bertz CT molecular complexity index is 2160. The number of fused-ring (bicyclic) bond motifs is 2. The predicted octanol–water partition coefficient (Wildman–Crippen LogP) is 4.62. The summed E-state index contributed by atoms with van der Waals surface area (Å²) in [6, 6.07) is 10.8. The molecule has 0 aromatic heterocycles. The van der Waals surface area contributed by atoms with Crippen molar-refractivity contribution < 1.29 is 28.7 Å². The van der Waals surface area contributed by atoms with Crippen LogP contribution in [0.3, 0.4) is 0 Å². The lowest BCUT2D eigenvalue weighted by Crippen LogP contribution is -2.54. The molecule has 2 aromatic carbocycles. The molecule has 5 amide bonds. The molecule has 14 nitrogen and oxygen atoms in total. The summed E-state index contributed by atoms with van der Waals surface area (Å²) in [5, 5.41) is 5.85. The molecule has 4 saturated heterocycles. The number of amides is 5. The SMILES string of the molecule is CC1(Oc2ccc3c(c2)C(C2=CCNC(N4CCC(C(=O)N5CCC(CC6CCN(c7ccc8c(c7)C(=O)N(C7CCC(=O)NC7=O)C8=O)CC6)CC5)CC4)=C2)NN3)CC1. The molecule has 1 saturated carbocycles. The van der Waals surface area contributed by atoms with E-state index in [1.54, 1.807) is 12.1 Å². The van der Waals surface area contributed by atoms with Crippen molar-refractivity contribution >= 4 is 40.9 Å². The zero-order valence-electron chi connectivity index (χ0n) is 34.5. The van der Waals surface area contributed by atoms with Gasteiger partial charge in [-0.2, -0.15) is 0 Å². The molecule has 7 aliphatic heterocycles. The fourth-order valence-electron chi connectivity index (χ4n) is 10.5. The van der Waals surface area contributed by atoms with E-state index in [9.17, 15) is 24.0 Å². The quantitative estimate of drug-likeness (QED) is 0.262. The number of nitrogens with one attached hydrogen (secondary N) is 4. The molecule has 10 rings (SSSR count). The van der Waals surface area contributed by atoms with E-state index in [1.807, 2.05) is 6.07 Å². The van der Waals surface area contributed by atoms with Crippen LogP contribution in [-0.4, -0.2) is 102 Å². The number of hydrogen-bond acceptors (Lipinski definition) is 11. The van der Waals surface area contributed by atoms with Crippen molar-refractivity contribution in [1.82, 2.24) is 30.8 Å². The Morgan fingerprint density at radius 2 is 1.53 bits per heavy atom. The van der Waals surface area contributed by atoms with E-state index < -0.39 is 23.8 Å². The number of imide groups is 2. The number of hydrazine groups is 1. The van der Waals surface area contributed by atoms with Crippen molar-refractivity contribution in [3.8, 4) is 5.75 Å². The number of rotatable bonds is 9. The first-order valence-corrected chi connectivity index (χ1v) is 22.2. The maximum absolute atomic E-state index is 13.8. The highest BCUT2D eigenvalue weighted by atomic mass is 16.5. The Morgan fingerprint density at radius 1 is 0.817 bits per heavy atom. The molecule has 0 bridgehead atoms. The zero-order valence-corrected chi connectivity index (χ0v) is 34.5. The van der Waals surface area contributed by atoms with E-state index in [-0.39, 0.29) is 36.3 Å². The summed E-state index contributed by atoms with van der Waals surface area (Å²) >= 11 is 0. The molecule has 0 radical (unpaired) electrons. The lowest BCUT2D eigenvalue weighted by atomic mass is 9.82. The highest BCUT2D eigenvalue weighted by Crippen LogP contribution is 2.43. The molecule has 8 aliphatic rings. The average molecular weight is 817 g/mol. The van der Waals surface area contributed by atoms with Crippen LogP contribution in [0.4, 0.5) is 11.4 Å². The first-order chi connectivity index (χ1) is 29.1. The van der Waals surface area contributed by atoms with E-state index >= 15 is 0 Å². The standard InChI is InChI=1S/C46H56N8O6/c1-46(15-16-46)60-33-3-5-37-36(27-33)41(50-49-37)31-8-17-47-39(25-31)52-22-13-30(14-23-52)43(57)53-20-11-29(12-21-53)24-28-9-18-51(19-10-28)32-2-4-34-35(26-32)45(59)54(44(34)58)38-6-7-40(55)48-42(38)56/h2-5,8,25-30,38,41,47,49-50H,6-7,9-24H2,1H3,(H,48,55,56). The third-order valence-corrected chi connectivity index (χ3v) is 14.4. The van der Waals surface area contributed by atoms with Gasteiger partial charge in [-0.3, -0.25) is 34.2 Å². The predicted molar refractivity (Wildman–Crippen MR) is 225 cm³/mol. The second kappa shape index (κ2) is 15.6. The van der Waals surface area contributed by atoms with E-state index in [1.165, 1.54) is 17.6 Å². The minimum Gasteiger partial charge on any atom is -0.488 e. The minimum atomic E-state index is -0.963. The van der Waals surface area contributed by atoms with Gasteiger partial charge in [0.1, 0.15) is 23.2 Å². The van der Waals surface area contributed by atoms with Gasteiger partial charge in [-0.15, -0.1) is 0 Å². The van der Waals surface area contributed by atoms with Crippen LogP contribution in [0, 0.1) is 17.8 Å². The van der Waals surface area contributed by atoms with Crippen LogP contribution in [0.5, 0.6) is 5.75 Å². The van der Waals surface area contributed by atoms with Gasteiger partial charge in [0.05, 0.1) is 22.9 Å². The van der Waals surface area contributed by atoms with Gasteiger partial charge < -0.3 is 30.2 Å². The summed E-state index contributed by atoms with van der Waals surface area (Å²) in [5.74, 6) is 1.79. The summed E-state index contributed by atoms with van der Waals surface area (Å²) in [6.07, 6.45) is 14.1. The van der Waals surface area contributed by atoms with Gasteiger partial charge in [-0.25, -0.2) is 5.43 Å². The number of anilines is 2. The highest BCUT2D eigenvalue weighted by Gasteiger charge is 2.45. The molecule has 4 N–H and O–H groups in total. The Hall–Kier alpha value is -5.37. The topological polar surface area (TPSA) is 156 Å². The third kappa shape index (κ3) is 7.52. The molecule has 316 valence electrons. The van der Waals surface area contributed by atoms with Gasteiger partial charge in [-0.1, -0.05) is 6.08 Å². The van der Waals surface area contributed by atoms with Crippen LogP contribution >= 0.6 is 0 Å². The minimum absolute atomic E-state index is 0.0201. The number of dihydropyridines is 1. The number of hydrogen-bond donors (Lipinski definition) is 4. The second-order valence-electron chi connectivity index (χ2n) is 18.5. The number of piperidine rings is 4. The number of carbonyl (C=O) groups excluding carboxylic acids is 5. The Labute approximate surface area is 351 Å². The van der Waals surface area contributed by atoms with E-state index in [0.717, 1.165) is 125 Å². The normalized spacial score (nSPS) is 25.9. The van der Waals surface area contributed by atoms with Crippen LogP contribution in [0.15, 0.2) is 59.9 Å². The number of benzene rings is 2. The van der Waals surface area contributed by atoms with Gasteiger partial charge in [-0.05, 0) is 131 Å². The van der Waals surface area contributed by atoms with Crippen LogP contribution in [0.25, 0.3) is 0 Å². The summed E-state index contributed by atoms with van der Waals surface area (Å²) in [7, 11) is 0. The molecule has 1 aliphatic carbocycles. The highest BCUT2D eigenvalue weighted by molar-refractivity contribution is 6.23. The Morgan fingerprint density at radius 3 is 2.27 bits per heavy atom. The summed E-state index contributed by atoms with van der Waals surface area (Å²) in [6.45, 7) is 8.11. The van der Waals surface area contributed by atoms with Crippen molar-refractivity contribution in [2.24, 2.45) is 17.8 Å². The van der Waals surface area contributed by atoms with E-state index in [2.05, 4.69) is 73.5 Å². The van der Waals surface area contributed by atoms with Gasteiger partial charge in [0.2, 0.25) is 17.7 Å². The first kappa shape index (κ1) is 38.8. The number of likely N-dealkylation sites (tertiary alicyclic amines) is 2. The molecular formula is C46H56N8O6. The maximum Gasteiger partial charge on any atom is 0.262 e. The zero-order chi connectivity index (χ0) is 41.1. The van der Waals surface area contributed by atoms with Crippen molar-refractivity contribution in [2.45, 2.75) is 95.2 Å². The Kier molecular flexibility index (Phi) is 10.1. The lowest BCUT2D eigenvalue weighted by molar-refractivity contribution is -0.138. The van der Waals surface area contributed by atoms with Gasteiger partial charge in [0.25, 0.3) is 11.8 Å². The van der Waals surface area contributed by atoms with Crippen LogP contribution in [0.1, 0.15) is 110 Å². The van der Waals surface area contributed by atoms with Crippen molar-refractivity contribution in [3.63, 3.8) is 0 Å². The Balaban J connectivity index is 0.667. The monoisotopic (exact) mass is 816 g/mol. The molecule has 0 spiro atoms. The molecule has 2 atom stereocenters. The van der Waals surface area contributed by atoms with Crippen molar-refractivity contribution in [2.75, 3.05) is 56.1 Å². The molecule has 14 heteroatoms. The van der Waals surface area contributed by atoms with Crippen LogP contribution < -0.4 is 31.1 Å². The van der Waals surface area contributed by atoms with Gasteiger partial charge >= 0.3 is 0 Å². The first-order valence-electron chi connectivity index (χ1n) is 22.2. The number of carbonyl (C=O) groups is 5. The van der Waals surface area contributed by atoms with Crippen molar-refractivity contribution in [3.05, 3.63) is 76.6 Å². The fraction of sp³-hybridized carbons (Fsp3) is 0.543. The van der Waals surface area contributed by atoms with Crippen LogP contribution in [0.2, 0.25) is 0 Å². The lowest BCUT2D eigenvalue weighted by Gasteiger charge is -2.40. The molecule has 2 unspecified atom stereocenters. The van der Waals surface area contributed by atoms with E-state index in [0.29, 0.717) is 28.9 Å². The summed E-state index contributed by atoms with van der Waals surface area (Å²) in [4.78, 5) is 72.2. The smallest absolute Gasteiger partial charge is 0.262 e. The maximum atomic E-state index is 13.8. The second-order valence-corrected chi connectivity index (χ2v) is 18.5. The van der Waals surface area contributed by atoms with Gasteiger partial charge in [0, 0.05) is 69.4 Å². The molecule has 7 heterocycles.